The summed E-state index contributed by atoms with van der Waals surface area (Å²) in [5, 5.41) is 2.97. The van der Waals surface area contributed by atoms with Crippen LogP contribution in [0.3, 0.4) is 0 Å². The second kappa shape index (κ2) is 9.16. The van der Waals surface area contributed by atoms with Crippen LogP contribution >= 0.6 is 0 Å². The van der Waals surface area contributed by atoms with Gasteiger partial charge in [-0.1, -0.05) is 18.1 Å². The van der Waals surface area contributed by atoms with Crippen LogP contribution in [0.1, 0.15) is 54.4 Å². The van der Waals surface area contributed by atoms with Crippen LogP contribution in [-0.4, -0.2) is 72.8 Å². The molecule has 3 aliphatic rings. The Morgan fingerprint density at radius 2 is 1.90 bits per heavy atom. The minimum atomic E-state index is -0.461. The number of amides is 3. The molecule has 0 aliphatic carbocycles. The summed E-state index contributed by atoms with van der Waals surface area (Å²) in [4.78, 5) is 44.6. The van der Waals surface area contributed by atoms with E-state index < -0.39 is 6.04 Å². The quantitative estimate of drug-likeness (QED) is 0.725. The lowest BCUT2D eigenvalue weighted by Crippen LogP contribution is -2.48. The Morgan fingerprint density at radius 1 is 1.10 bits per heavy atom. The number of nitrogens with one attached hydrogen (secondary N) is 1. The highest BCUT2D eigenvalue weighted by Crippen LogP contribution is 2.32. The Kier molecular flexibility index (Phi) is 6.37. The van der Waals surface area contributed by atoms with Gasteiger partial charge in [0, 0.05) is 13.1 Å². The summed E-state index contributed by atoms with van der Waals surface area (Å²) >= 11 is 0. The monoisotopic (exact) mass is 412 g/mol. The fraction of sp³-hybridized carbons (Fsp3) is 0.609. The largest absolute Gasteiger partial charge is 0.355 e. The molecule has 2 saturated heterocycles. The number of hydrogen-bond donors (Lipinski definition) is 1. The summed E-state index contributed by atoms with van der Waals surface area (Å²) in [6, 6.07) is 5.05. The van der Waals surface area contributed by atoms with Crippen molar-refractivity contribution in [3.63, 3.8) is 0 Å². The van der Waals surface area contributed by atoms with Crippen molar-refractivity contribution < 1.29 is 14.4 Å². The molecule has 0 unspecified atom stereocenters. The zero-order chi connectivity index (χ0) is 21.1. The van der Waals surface area contributed by atoms with Gasteiger partial charge in [0.2, 0.25) is 11.8 Å². The van der Waals surface area contributed by atoms with Gasteiger partial charge in [-0.3, -0.25) is 14.4 Å². The molecule has 162 valence electrons. The Hall–Kier alpha value is -2.41. The average Bonchev–Trinajstić information content (AvgIpc) is 3.22. The molecular weight excluding hydrogens is 380 g/mol. The number of nitrogens with zero attached hydrogens (tertiary/aromatic N) is 3. The van der Waals surface area contributed by atoms with Crippen LogP contribution in [0, 0.1) is 6.92 Å². The van der Waals surface area contributed by atoms with Crippen molar-refractivity contribution in [1.82, 2.24) is 15.1 Å². The molecule has 2 fully saturated rings. The Balaban J connectivity index is 1.41. The lowest BCUT2D eigenvalue weighted by molar-refractivity contribution is -0.125. The number of rotatable bonds is 6. The molecule has 7 nitrogen and oxygen atoms in total. The van der Waals surface area contributed by atoms with E-state index in [9.17, 15) is 14.4 Å². The fourth-order valence-corrected chi connectivity index (χ4v) is 4.85. The van der Waals surface area contributed by atoms with E-state index >= 15 is 0 Å². The number of hydrogen-bond acceptors (Lipinski definition) is 4. The number of likely N-dealkylation sites (tertiary alicyclic amines) is 1. The van der Waals surface area contributed by atoms with Crippen molar-refractivity contribution in [2.45, 2.75) is 51.5 Å². The summed E-state index contributed by atoms with van der Waals surface area (Å²) in [7, 11) is 0. The third-order valence-electron chi connectivity index (χ3n) is 6.46. The summed E-state index contributed by atoms with van der Waals surface area (Å²) in [5.74, 6) is -0.423. The molecule has 1 atom stereocenters. The van der Waals surface area contributed by atoms with Gasteiger partial charge in [-0.05, 0) is 70.8 Å². The lowest BCUT2D eigenvalue weighted by atomic mass is 10.1. The second-order valence-corrected chi connectivity index (χ2v) is 8.71. The third-order valence-corrected chi connectivity index (χ3v) is 6.46. The number of fused-ring (bicyclic) bond motifs is 2. The SMILES string of the molecule is Cc1ccc2c(c1)C(=O)N1CCC[C@@H]1C(=O)N2CC(=O)NCCCN1CCCCC1. The van der Waals surface area contributed by atoms with Crippen LogP contribution in [0.4, 0.5) is 5.69 Å². The summed E-state index contributed by atoms with van der Waals surface area (Å²) in [6.07, 6.45) is 6.23. The molecular formula is C23H32N4O3. The van der Waals surface area contributed by atoms with E-state index in [1.165, 1.54) is 24.2 Å². The van der Waals surface area contributed by atoms with Gasteiger partial charge < -0.3 is 20.0 Å². The van der Waals surface area contributed by atoms with Gasteiger partial charge in [-0.25, -0.2) is 0 Å². The molecule has 0 bridgehead atoms. The molecule has 7 heteroatoms. The van der Waals surface area contributed by atoms with E-state index in [4.69, 9.17) is 0 Å². The molecule has 1 aromatic rings. The molecule has 3 amide bonds. The molecule has 30 heavy (non-hydrogen) atoms. The first kappa shape index (κ1) is 20.8. The lowest BCUT2D eigenvalue weighted by Gasteiger charge is -2.27. The van der Waals surface area contributed by atoms with Crippen molar-refractivity contribution in [3.8, 4) is 0 Å². The third kappa shape index (κ3) is 4.36. The Bertz CT molecular complexity index is 819. The van der Waals surface area contributed by atoms with E-state index in [2.05, 4.69) is 10.2 Å². The number of carbonyl (C=O) groups excluding carboxylic acids is 3. The minimum absolute atomic E-state index is 0.0454. The van der Waals surface area contributed by atoms with E-state index in [-0.39, 0.29) is 24.3 Å². The highest BCUT2D eigenvalue weighted by atomic mass is 16.2. The molecule has 0 spiro atoms. The van der Waals surface area contributed by atoms with Gasteiger partial charge in [0.05, 0.1) is 11.3 Å². The highest BCUT2D eigenvalue weighted by molar-refractivity contribution is 6.12. The number of aryl methyl sites for hydroxylation is 1. The normalized spacial score (nSPS) is 22.0. The van der Waals surface area contributed by atoms with Crippen LogP contribution < -0.4 is 10.2 Å². The van der Waals surface area contributed by atoms with Crippen LogP contribution in [0.2, 0.25) is 0 Å². The minimum Gasteiger partial charge on any atom is -0.355 e. The maximum Gasteiger partial charge on any atom is 0.256 e. The summed E-state index contributed by atoms with van der Waals surface area (Å²) < 4.78 is 0. The van der Waals surface area contributed by atoms with Crippen molar-refractivity contribution in [3.05, 3.63) is 29.3 Å². The fourth-order valence-electron chi connectivity index (χ4n) is 4.85. The van der Waals surface area contributed by atoms with Gasteiger partial charge in [-0.2, -0.15) is 0 Å². The Morgan fingerprint density at radius 3 is 2.70 bits per heavy atom. The molecule has 1 N–H and O–H groups in total. The summed E-state index contributed by atoms with van der Waals surface area (Å²) in [5.41, 5.74) is 2.04. The van der Waals surface area contributed by atoms with Gasteiger partial charge in [-0.15, -0.1) is 0 Å². The number of anilines is 1. The molecule has 3 heterocycles. The predicted octanol–water partition coefficient (Wildman–Crippen LogP) is 1.94. The molecule has 1 aromatic carbocycles. The van der Waals surface area contributed by atoms with Gasteiger partial charge in [0.15, 0.2) is 0 Å². The summed E-state index contributed by atoms with van der Waals surface area (Å²) in [6.45, 7) is 6.39. The standard InChI is InChI=1S/C23H32N4O3/c1-17-8-9-19-18(15-17)22(29)26-14-5-7-20(26)23(30)27(19)16-21(28)24-10-6-13-25-11-3-2-4-12-25/h8-9,15,20H,2-7,10-14,16H2,1H3,(H,24,28)/t20-/m1/s1. The molecule has 0 aromatic heterocycles. The van der Waals surface area contributed by atoms with E-state index in [0.717, 1.165) is 38.0 Å². The maximum absolute atomic E-state index is 13.2. The van der Waals surface area contributed by atoms with E-state index in [0.29, 0.717) is 30.8 Å². The molecule has 3 aliphatic heterocycles. The van der Waals surface area contributed by atoms with E-state index in [1.54, 1.807) is 11.0 Å². The van der Waals surface area contributed by atoms with Crippen molar-refractivity contribution in [2.24, 2.45) is 0 Å². The zero-order valence-electron chi connectivity index (χ0n) is 17.9. The zero-order valence-corrected chi connectivity index (χ0v) is 17.9. The molecule has 4 rings (SSSR count). The van der Waals surface area contributed by atoms with Gasteiger partial charge >= 0.3 is 0 Å². The number of piperidine rings is 1. The second-order valence-electron chi connectivity index (χ2n) is 8.71. The van der Waals surface area contributed by atoms with Gasteiger partial charge in [0.25, 0.3) is 5.91 Å². The number of benzene rings is 1. The highest BCUT2D eigenvalue weighted by Gasteiger charge is 2.42. The first-order valence-electron chi connectivity index (χ1n) is 11.3. The first-order chi connectivity index (χ1) is 14.5. The van der Waals surface area contributed by atoms with Crippen LogP contribution in [0.15, 0.2) is 18.2 Å². The van der Waals surface area contributed by atoms with Crippen molar-refractivity contribution in [1.29, 1.82) is 0 Å². The average molecular weight is 413 g/mol. The van der Waals surface area contributed by atoms with Crippen LogP contribution in [0.25, 0.3) is 0 Å². The topological polar surface area (TPSA) is 73.0 Å². The van der Waals surface area contributed by atoms with Crippen molar-refractivity contribution in [2.75, 3.05) is 44.2 Å². The van der Waals surface area contributed by atoms with Gasteiger partial charge in [0.1, 0.15) is 12.6 Å². The first-order valence-corrected chi connectivity index (χ1v) is 11.3. The Labute approximate surface area is 178 Å². The van der Waals surface area contributed by atoms with Crippen LogP contribution in [-0.2, 0) is 9.59 Å². The molecule has 0 radical (unpaired) electrons. The molecule has 0 saturated carbocycles. The van der Waals surface area contributed by atoms with E-state index in [1.807, 2.05) is 19.1 Å². The van der Waals surface area contributed by atoms with Crippen molar-refractivity contribution >= 4 is 23.4 Å². The van der Waals surface area contributed by atoms with Crippen LogP contribution in [0.5, 0.6) is 0 Å². The smallest absolute Gasteiger partial charge is 0.256 e. The number of carbonyl (C=O) groups is 3. The maximum atomic E-state index is 13.2. The predicted molar refractivity (Wildman–Crippen MR) is 116 cm³/mol.